The molecule has 1 amide bonds. The normalized spacial score (nSPS) is 31.8. The lowest BCUT2D eigenvalue weighted by atomic mass is 9.47. The summed E-state index contributed by atoms with van der Waals surface area (Å²) in [6.45, 7) is 3.55. The monoisotopic (exact) mass is 447 g/mol. The van der Waals surface area contributed by atoms with Crippen molar-refractivity contribution in [2.75, 3.05) is 5.32 Å². The summed E-state index contributed by atoms with van der Waals surface area (Å²) >= 11 is 0. The number of nitrogens with one attached hydrogen (secondary N) is 2. The Morgan fingerprint density at radius 1 is 1.22 bits per heavy atom. The number of nitrogens with two attached hydrogens (primary N) is 1. The number of aliphatic imine (C=N–C) groups is 1. The first kappa shape index (κ1) is 22.4. The van der Waals surface area contributed by atoms with Gasteiger partial charge in [0.1, 0.15) is 5.84 Å². The van der Waals surface area contributed by atoms with Crippen LogP contribution in [0.1, 0.15) is 51.5 Å². The van der Waals surface area contributed by atoms with Gasteiger partial charge < -0.3 is 16.4 Å². The fourth-order valence-corrected chi connectivity index (χ4v) is 6.32. The van der Waals surface area contributed by atoms with Crippen molar-refractivity contribution < 1.29 is 18.0 Å². The molecule has 5 rings (SSSR count). The molecule has 0 saturated heterocycles. The zero-order valence-corrected chi connectivity index (χ0v) is 18.2. The fraction of sp³-hybridized carbons (Fsp3) is 0.609. The Hall–Kier alpha value is -2.76. The van der Waals surface area contributed by atoms with Crippen LogP contribution < -0.4 is 16.4 Å². The number of amidine groups is 1. The first-order chi connectivity index (χ1) is 14.9. The van der Waals surface area contributed by atoms with Crippen LogP contribution in [0.25, 0.3) is 0 Å². The zero-order valence-electron chi connectivity index (χ0n) is 18.2. The smallest absolute Gasteiger partial charge is 0.373 e. The molecule has 0 aromatic heterocycles. The zero-order chi connectivity index (χ0) is 23.3. The molecule has 0 radical (unpaired) electrons. The van der Waals surface area contributed by atoms with E-state index in [0.29, 0.717) is 11.8 Å². The molecule has 0 aliphatic heterocycles. The molecule has 9 heteroatoms. The second-order valence-electron chi connectivity index (χ2n) is 10.2. The number of halogens is 3. The van der Waals surface area contributed by atoms with Crippen LogP contribution in [-0.4, -0.2) is 23.3 Å². The number of amides is 1. The number of alkyl halides is 3. The first-order valence-corrected chi connectivity index (χ1v) is 10.9. The van der Waals surface area contributed by atoms with Crippen LogP contribution in [0, 0.1) is 34.6 Å². The van der Waals surface area contributed by atoms with E-state index in [1.807, 2.05) is 6.19 Å². The number of nitrogens with zero attached hydrogens (tertiary/aromatic N) is 2. The van der Waals surface area contributed by atoms with Gasteiger partial charge in [0.2, 0.25) is 12.1 Å². The van der Waals surface area contributed by atoms with E-state index in [1.54, 1.807) is 19.9 Å². The Morgan fingerprint density at radius 3 is 2.44 bits per heavy atom. The molecule has 4 N–H and O–H groups in total. The van der Waals surface area contributed by atoms with Gasteiger partial charge in [-0.25, -0.2) is 0 Å². The Balaban J connectivity index is 1.54. The SMILES string of the molecule is CC(C)(Nc1cccc(C(F)(F)F)c1)/C(=N\C#N)NC1C2CC3CC1CC(C(N)=O)(C3)C2. The van der Waals surface area contributed by atoms with Gasteiger partial charge in [-0.05, 0) is 81.9 Å². The lowest BCUT2D eigenvalue weighted by molar-refractivity contribution is -0.145. The summed E-state index contributed by atoms with van der Waals surface area (Å²) in [7, 11) is 0. The van der Waals surface area contributed by atoms with Crippen molar-refractivity contribution in [1.29, 1.82) is 5.26 Å². The minimum absolute atomic E-state index is 0.0497. The van der Waals surface area contributed by atoms with Crippen LogP contribution in [0.2, 0.25) is 0 Å². The van der Waals surface area contributed by atoms with Crippen LogP contribution in [0.15, 0.2) is 29.3 Å². The molecule has 0 spiro atoms. The van der Waals surface area contributed by atoms with Crippen LogP contribution in [0.3, 0.4) is 0 Å². The average molecular weight is 448 g/mol. The van der Waals surface area contributed by atoms with E-state index in [9.17, 15) is 23.2 Å². The molecule has 32 heavy (non-hydrogen) atoms. The third kappa shape index (κ3) is 4.03. The summed E-state index contributed by atoms with van der Waals surface area (Å²) in [5.74, 6) is 1.16. The van der Waals surface area contributed by atoms with E-state index in [1.165, 1.54) is 6.07 Å². The number of nitriles is 1. The van der Waals surface area contributed by atoms with Gasteiger partial charge in [0.15, 0.2) is 0 Å². The second kappa shape index (κ2) is 7.68. The van der Waals surface area contributed by atoms with Crippen molar-refractivity contribution in [1.82, 2.24) is 5.32 Å². The predicted octanol–water partition coefficient (Wildman–Crippen LogP) is 4.05. The summed E-state index contributed by atoms with van der Waals surface area (Å²) in [6.07, 6.45) is 1.72. The molecule has 4 aliphatic carbocycles. The van der Waals surface area contributed by atoms with E-state index in [0.717, 1.165) is 44.2 Å². The topological polar surface area (TPSA) is 103 Å². The Morgan fingerprint density at radius 2 is 1.88 bits per heavy atom. The van der Waals surface area contributed by atoms with E-state index < -0.39 is 22.7 Å². The quantitative estimate of drug-likeness (QED) is 0.360. The maximum Gasteiger partial charge on any atom is 0.416 e. The largest absolute Gasteiger partial charge is 0.416 e. The molecule has 1 aromatic rings. The van der Waals surface area contributed by atoms with Crippen molar-refractivity contribution in [3.63, 3.8) is 0 Å². The predicted molar refractivity (Wildman–Crippen MR) is 114 cm³/mol. The van der Waals surface area contributed by atoms with Gasteiger partial charge in [-0.2, -0.15) is 23.4 Å². The van der Waals surface area contributed by atoms with Crippen molar-refractivity contribution in [3.05, 3.63) is 29.8 Å². The van der Waals surface area contributed by atoms with Crippen molar-refractivity contribution in [2.24, 2.45) is 33.9 Å². The summed E-state index contributed by atoms with van der Waals surface area (Å²) < 4.78 is 39.3. The number of carbonyl (C=O) groups excluding carboxylic acids is 1. The van der Waals surface area contributed by atoms with Gasteiger partial charge in [-0.15, -0.1) is 0 Å². The molecular weight excluding hydrogens is 419 g/mol. The molecule has 0 heterocycles. The Kier molecular flexibility index (Phi) is 5.38. The molecule has 4 saturated carbocycles. The minimum Gasteiger partial charge on any atom is -0.373 e. The molecular formula is C23H28F3N5O. The van der Waals surface area contributed by atoms with Gasteiger partial charge in [-0.1, -0.05) is 6.07 Å². The highest BCUT2D eigenvalue weighted by Gasteiger charge is 2.58. The van der Waals surface area contributed by atoms with E-state index in [4.69, 9.17) is 5.73 Å². The maximum atomic E-state index is 13.1. The summed E-state index contributed by atoms with van der Waals surface area (Å²) in [5.41, 5.74) is 3.96. The van der Waals surface area contributed by atoms with Gasteiger partial charge >= 0.3 is 6.18 Å². The molecule has 2 atom stereocenters. The number of primary amides is 1. The molecule has 1 aromatic carbocycles. The van der Waals surface area contributed by atoms with Crippen molar-refractivity contribution in [2.45, 2.75) is 63.7 Å². The number of carbonyl (C=O) groups is 1. The van der Waals surface area contributed by atoms with E-state index in [2.05, 4.69) is 15.6 Å². The molecule has 2 unspecified atom stereocenters. The summed E-state index contributed by atoms with van der Waals surface area (Å²) in [6, 6.07) is 5.01. The van der Waals surface area contributed by atoms with Crippen LogP contribution in [0.5, 0.6) is 0 Å². The van der Waals surface area contributed by atoms with E-state index >= 15 is 0 Å². The van der Waals surface area contributed by atoms with Crippen LogP contribution in [0.4, 0.5) is 18.9 Å². The first-order valence-electron chi connectivity index (χ1n) is 10.9. The summed E-state index contributed by atoms with van der Waals surface area (Å²) in [4.78, 5) is 16.2. The van der Waals surface area contributed by atoms with Gasteiger partial charge in [0.05, 0.1) is 11.1 Å². The van der Waals surface area contributed by atoms with Crippen LogP contribution in [-0.2, 0) is 11.0 Å². The average Bonchev–Trinajstić information content (AvgIpc) is 2.68. The number of rotatable bonds is 5. The van der Waals surface area contributed by atoms with Gasteiger partial charge in [0.25, 0.3) is 0 Å². The summed E-state index contributed by atoms with van der Waals surface area (Å²) in [5, 5.41) is 15.8. The van der Waals surface area contributed by atoms with E-state index in [-0.39, 0.29) is 29.5 Å². The number of benzene rings is 1. The molecule has 4 fully saturated rings. The van der Waals surface area contributed by atoms with Gasteiger partial charge in [0, 0.05) is 17.1 Å². The third-order valence-corrected chi connectivity index (χ3v) is 7.50. The second-order valence-corrected chi connectivity index (χ2v) is 10.2. The van der Waals surface area contributed by atoms with Crippen LogP contribution >= 0.6 is 0 Å². The number of hydrogen-bond donors (Lipinski definition) is 3. The van der Waals surface area contributed by atoms with Gasteiger partial charge in [-0.3, -0.25) is 4.79 Å². The Labute approximate surface area is 185 Å². The Bertz CT molecular complexity index is 965. The highest BCUT2D eigenvalue weighted by atomic mass is 19.4. The molecule has 172 valence electrons. The fourth-order valence-electron chi connectivity index (χ4n) is 6.32. The minimum atomic E-state index is -4.44. The number of hydrogen-bond acceptors (Lipinski definition) is 4. The third-order valence-electron chi connectivity index (χ3n) is 7.50. The lowest BCUT2D eigenvalue weighted by Crippen LogP contribution is -2.64. The molecule has 4 aliphatic rings. The number of anilines is 1. The lowest BCUT2D eigenvalue weighted by Gasteiger charge is -2.59. The van der Waals surface area contributed by atoms with Crippen molar-refractivity contribution >= 4 is 17.4 Å². The maximum absolute atomic E-state index is 13.1. The molecule has 4 bridgehead atoms. The highest BCUT2D eigenvalue weighted by molar-refractivity contribution is 5.94. The molecule has 6 nitrogen and oxygen atoms in total. The standard InChI is InChI=1S/C23H28F3N5O/c1-21(2,31-17-5-3-4-16(8-17)23(24,25)26)20(29-12-27)30-18-14-6-13-7-15(18)11-22(9-13,10-14)19(28)32/h3-5,8,13-15,18,31H,6-7,9-11H2,1-2H3,(H2,28,32)(H,29,30). The highest BCUT2D eigenvalue weighted by Crippen LogP contribution is 2.60. The van der Waals surface area contributed by atoms with Crippen molar-refractivity contribution in [3.8, 4) is 6.19 Å².